The lowest BCUT2D eigenvalue weighted by Crippen LogP contribution is -2.48. The minimum Gasteiger partial charge on any atom is -0.273 e. The van der Waals surface area contributed by atoms with Crippen LogP contribution in [-0.2, 0) is 4.79 Å². The minimum absolute atomic E-state index is 0.0368. The highest BCUT2D eigenvalue weighted by molar-refractivity contribution is 7.18. The molecule has 0 radical (unpaired) electrons. The fourth-order valence-corrected chi connectivity index (χ4v) is 7.26. The largest absolute Gasteiger partial charge is 0.281 e. The van der Waals surface area contributed by atoms with E-state index in [1.807, 2.05) is 13.0 Å². The highest BCUT2D eigenvalue weighted by atomic mass is 32.1. The van der Waals surface area contributed by atoms with E-state index in [1.165, 1.54) is 54.5 Å². The van der Waals surface area contributed by atoms with Gasteiger partial charge in [0.15, 0.2) is 0 Å². The van der Waals surface area contributed by atoms with Crippen molar-refractivity contribution >= 4 is 27.5 Å². The van der Waals surface area contributed by atoms with Gasteiger partial charge in [0.25, 0.3) is 5.56 Å². The Hall–Kier alpha value is -1.69. The third kappa shape index (κ3) is 2.61. The zero-order valence-corrected chi connectivity index (χ0v) is 16.2. The van der Waals surface area contributed by atoms with E-state index in [4.69, 9.17) is 0 Å². The van der Waals surface area contributed by atoms with E-state index in [-0.39, 0.29) is 16.9 Å². The van der Waals surface area contributed by atoms with E-state index in [9.17, 15) is 9.59 Å². The Balaban J connectivity index is 1.39. The van der Waals surface area contributed by atoms with Crippen molar-refractivity contribution in [1.82, 2.24) is 9.66 Å². The van der Waals surface area contributed by atoms with Crippen molar-refractivity contribution in [3.63, 3.8) is 0 Å². The lowest BCUT2D eigenvalue weighted by Gasteiger charge is -2.56. The molecule has 2 aromatic heterocycles. The summed E-state index contributed by atoms with van der Waals surface area (Å²) in [7, 11) is 0. The van der Waals surface area contributed by atoms with Gasteiger partial charge in [0, 0.05) is 11.3 Å². The summed E-state index contributed by atoms with van der Waals surface area (Å²) in [4.78, 5) is 31.9. The lowest BCUT2D eigenvalue weighted by atomic mass is 9.49. The molecule has 6 rings (SSSR count). The number of fused-ring (bicyclic) bond motifs is 1. The highest BCUT2D eigenvalue weighted by Gasteiger charge is 2.51. The number of carbonyl (C=O) groups is 1. The molecule has 0 aromatic carbocycles. The van der Waals surface area contributed by atoms with Crippen LogP contribution in [0.15, 0.2) is 10.9 Å². The standard InChI is InChI=1S/C20H25N3O2S/c1-11-3-16-18(26-11)21-12(2)23(19(16)25)22-17(24)10-20-7-13-4-14(8-20)6-15(5-13)9-20/h3,13-15H,4-10H2,1-2H3,(H,22,24). The molecule has 4 fully saturated rings. The van der Waals surface area contributed by atoms with Gasteiger partial charge in [0.05, 0.1) is 5.39 Å². The first-order valence-corrected chi connectivity index (χ1v) is 10.5. The first kappa shape index (κ1) is 16.5. The van der Waals surface area contributed by atoms with E-state index in [0.29, 0.717) is 17.6 Å². The summed E-state index contributed by atoms with van der Waals surface area (Å²) >= 11 is 1.52. The van der Waals surface area contributed by atoms with Gasteiger partial charge >= 0.3 is 0 Å². The molecule has 4 aliphatic carbocycles. The van der Waals surface area contributed by atoms with Crippen LogP contribution >= 0.6 is 11.3 Å². The zero-order chi connectivity index (χ0) is 18.1. The first-order chi connectivity index (χ1) is 12.4. The number of rotatable bonds is 3. The van der Waals surface area contributed by atoms with Gasteiger partial charge in [-0.05, 0) is 81.6 Å². The van der Waals surface area contributed by atoms with Crippen LogP contribution in [0.3, 0.4) is 0 Å². The maximum atomic E-state index is 12.8. The van der Waals surface area contributed by atoms with E-state index >= 15 is 0 Å². The molecule has 138 valence electrons. The summed E-state index contributed by atoms with van der Waals surface area (Å²) < 4.78 is 1.34. The summed E-state index contributed by atoms with van der Waals surface area (Å²) in [6, 6.07) is 1.86. The normalized spacial score (nSPS) is 32.3. The second-order valence-electron chi connectivity index (χ2n) is 9.00. The van der Waals surface area contributed by atoms with Crippen molar-refractivity contribution in [3.8, 4) is 0 Å². The van der Waals surface area contributed by atoms with Crippen LogP contribution < -0.4 is 11.0 Å². The molecule has 6 heteroatoms. The predicted molar refractivity (Wildman–Crippen MR) is 103 cm³/mol. The summed E-state index contributed by atoms with van der Waals surface area (Å²) in [5, 5.41) is 0.591. The molecule has 0 aliphatic heterocycles. The van der Waals surface area contributed by atoms with Crippen LogP contribution in [0.1, 0.15) is 55.6 Å². The molecule has 0 atom stereocenters. The van der Waals surface area contributed by atoms with Crippen LogP contribution in [0, 0.1) is 37.0 Å². The van der Waals surface area contributed by atoms with E-state index < -0.39 is 0 Å². The Morgan fingerprint density at radius 1 is 1.23 bits per heavy atom. The molecule has 1 amide bonds. The first-order valence-electron chi connectivity index (χ1n) is 9.70. The van der Waals surface area contributed by atoms with E-state index in [0.717, 1.165) is 27.5 Å². The van der Waals surface area contributed by atoms with Gasteiger partial charge in [0.1, 0.15) is 10.7 Å². The van der Waals surface area contributed by atoms with Crippen molar-refractivity contribution in [3.05, 3.63) is 27.1 Å². The van der Waals surface area contributed by atoms with Crippen molar-refractivity contribution in [2.75, 3.05) is 5.43 Å². The number of thiophene rings is 1. The third-order valence-corrected chi connectivity index (χ3v) is 7.74. The number of nitrogens with one attached hydrogen (secondary N) is 1. The van der Waals surface area contributed by atoms with Crippen LogP contribution in [-0.4, -0.2) is 15.6 Å². The molecular formula is C20H25N3O2S. The zero-order valence-electron chi connectivity index (χ0n) is 15.4. The average molecular weight is 372 g/mol. The fraction of sp³-hybridized carbons (Fsp3) is 0.650. The van der Waals surface area contributed by atoms with Crippen molar-refractivity contribution < 1.29 is 4.79 Å². The molecule has 4 saturated carbocycles. The summed E-state index contributed by atoms with van der Waals surface area (Å²) in [6.45, 7) is 3.75. The van der Waals surface area contributed by atoms with Gasteiger partial charge in [-0.3, -0.25) is 15.0 Å². The SMILES string of the molecule is Cc1cc2c(=O)n(NC(=O)CC34CC5CC(CC(C5)C3)C4)c(C)nc2s1. The van der Waals surface area contributed by atoms with Crippen LogP contribution in [0.2, 0.25) is 0 Å². The summed E-state index contributed by atoms with van der Waals surface area (Å²) in [5.41, 5.74) is 2.87. The monoisotopic (exact) mass is 371 g/mol. The number of carbonyl (C=O) groups excluding carboxylic acids is 1. The molecule has 4 aliphatic rings. The van der Waals surface area contributed by atoms with Gasteiger partial charge in [-0.25, -0.2) is 9.66 Å². The fourth-order valence-electron chi connectivity index (χ4n) is 6.35. The second-order valence-corrected chi connectivity index (χ2v) is 10.2. The van der Waals surface area contributed by atoms with Gasteiger partial charge < -0.3 is 0 Å². The Bertz CT molecular complexity index is 923. The molecule has 0 spiro atoms. The van der Waals surface area contributed by atoms with Crippen LogP contribution in [0.5, 0.6) is 0 Å². The summed E-state index contributed by atoms with van der Waals surface area (Å²) in [6.07, 6.45) is 8.25. The second kappa shape index (κ2) is 5.65. The van der Waals surface area contributed by atoms with Gasteiger partial charge in [-0.2, -0.15) is 0 Å². The number of hydrogen-bond donors (Lipinski definition) is 1. The lowest BCUT2D eigenvalue weighted by molar-refractivity contribution is -0.125. The Morgan fingerprint density at radius 2 is 1.85 bits per heavy atom. The number of aromatic nitrogens is 2. The molecule has 0 unspecified atom stereocenters. The molecule has 2 aromatic rings. The molecule has 5 nitrogen and oxygen atoms in total. The molecular weight excluding hydrogens is 346 g/mol. The van der Waals surface area contributed by atoms with Crippen molar-refractivity contribution in [1.29, 1.82) is 0 Å². The van der Waals surface area contributed by atoms with E-state index in [2.05, 4.69) is 10.4 Å². The molecule has 2 heterocycles. The molecule has 1 N–H and O–H groups in total. The topological polar surface area (TPSA) is 64.0 Å². The minimum atomic E-state index is -0.171. The summed E-state index contributed by atoms with van der Waals surface area (Å²) in [5.74, 6) is 2.98. The van der Waals surface area contributed by atoms with Crippen LogP contribution in [0.4, 0.5) is 0 Å². The Morgan fingerprint density at radius 3 is 2.46 bits per heavy atom. The number of nitrogens with zero attached hydrogens (tertiary/aromatic N) is 2. The smallest absolute Gasteiger partial charge is 0.273 e. The number of aryl methyl sites for hydroxylation is 2. The predicted octanol–water partition coefficient (Wildman–Crippen LogP) is 3.75. The van der Waals surface area contributed by atoms with Gasteiger partial charge in [-0.15, -0.1) is 11.3 Å². The third-order valence-electron chi connectivity index (χ3n) is 6.79. The van der Waals surface area contributed by atoms with Crippen LogP contribution in [0.25, 0.3) is 10.2 Å². The van der Waals surface area contributed by atoms with Crippen molar-refractivity contribution in [2.45, 2.75) is 58.8 Å². The van der Waals surface area contributed by atoms with Gasteiger partial charge in [0.2, 0.25) is 5.91 Å². The quantitative estimate of drug-likeness (QED) is 0.894. The van der Waals surface area contributed by atoms with Crippen molar-refractivity contribution in [2.24, 2.45) is 23.2 Å². The molecule has 0 saturated heterocycles. The maximum absolute atomic E-state index is 12.8. The molecule has 26 heavy (non-hydrogen) atoms. The number of amides is 1. The average Bonchev–Trinajstić information content (AvgIpc) is 2.90. The Labute approximate surface area is 156 Å². The maximum Gasteiger partial charge on any atom is 0.281 e. The highest BCUT2D eigenvalue weighted by Crippen LogP contribution is 2.61. The van der Waals surface area contributed by atoms with E-state index in [1.54, 1.807) is 6.92 Å². The van der Waals surface area contributed by atoms with Gasteiger partial charge in [-0.1, -0.05) is 0 Å². The molecule has 4 bridgehead atoms. The number of hydrogen-bond acceptors (Lipinski definition) is 4. The Kier molecular flexibility index (Phi) is 3.58.